The van der Waals surface area contributed by atoms with E-state index in [4.69, 9.17) is 23.2 Å². The molecule has 0 aromatic heterocycles. The first kappa shape index (κ1) is 25.5. The second-order valence-corrected chi connectivity index (χ2v) is 9.46. The zero-order valence-electron chi connectivity index (χ0n) is 17.8. The van der Waals surface area contributed by atoms with Crippen molar-refractivity contribution >= 4 is 46.8 Å². The second kappa shape index (κ2) is 12.3. The van der Waals surface area contributed by atoms with Crippen molar-refractivity contribution in [2.75, 3.05) is 12.3 Å². The minimum atomic E-state index is -0.690. The van der Waals surface area contributed by atoms with Crippen molar-refractivity contribution in [1.82, 2.24) is 10.2 Å². The van der Waals surface area contributed by atoms with Gasteiger partial charge in [-0.1, -0.05) is 55.2 Å². The maximum absolute atomic E-state index is 13.1. The molecule has 1 N–H and O–H groups in total. The minimum Gasteiger partial charge on any atom is -0.354 e. The third-order valence-electron chi connectivity index (χ3n) is 4.65. The van der Waals surface area contributed by atoms with Gasteiger partial charge in [0.05, 0.1) is 5.75 Å². The SMILES string of the molecule is CC(C)CNC(=O)C(C)N(Cc1c(Cl)cccc1Cl)C(=O)CSCc1ccc(F)cc1. The topological polar surface area (TPSA) is 49.4 Å². The molecule has 0 saturated heterocycles. The number of hydrogen-bond acceptors (Lipinski definition) is 3. The molecular formula is C23H27Cl2FN2O2S. The van der Waals surface area contributed by atoms with Gasteiger partial charge in [-0.2, -0.15) is 0 Å². The number of rotatable bonds is 10. The number of amides is 2. The standard InChI is InChI=1S/C23H27Cl2FN2O2S/c1-15(2)11-27-23(30)16(3)28(12-19-20(24)5-4-6-21(19)25)22(29)14-31-13-17-7-9-18(26)10-8-17/h4-10,15-16H,11-14H2,1-3H3,(H,27,30). The molecule has 2 amide bonds. The number of benzene rings is 2. The molecule has 0 saturated carbocycles. The van der Waals surface area contributed by atoms with E-state index in [1.54, 1.807) is 37.3 Å². The van der Waals surface area contributed by atoms with Gasteiger partial charge < -0.3 is 10.2 Å². The average Bonchev–Trinajstić information content (AvgIpc) is 2.72. The van der Waals surface area contributed by atoms with Crippen molar-refractivity contribution in [2.45, 2.75) is 39.1 Å². The van der Waals surface area contributed by atoms with Gasteiger partial charge in [-0.15, -0.1) is 11.8 Å². The van der Waals surface area contributed by atoms with Crippen molar-refractivity contribution in [3.63, 3.8) is 0 Å². The molecule has 8 heteroatoms. The lowest BCUT2D eigenvalue weighted by Gasteiger charge is -2.29. The van der Waals surface area contributed by atoms with Gasteiger partial charge in [0.1, 0.15) is 11.9 Å². The normalized spacial score (nSPS) is 12.0. The first-order chi connectivity index (χ1) is 14.7. The molecular weight excluding hydrogens is 458 g/mol. The first-order valence-electron chi connectivity index (χ1n) is 10.0. The molecule has 0 spiro atoms. The summed E-state index contributed by atoms with van der Waals surface area (Å²) in [7, 11) is 0. The molecule has 0 aliphatic heterocycles. The highest BCUT2D eigenvalue weighted by molar-refractivity contribution is 7.99. The Morgan fingerprint density at radius 2 is 1.68 bits per heavy atom. The van der Waals surface area contributed by atoms with Crippen LogP contribution in [0.3, 0.4) is 0 Å². The Kier molecular flexibility index (Phi) is 10.1. The zero-order valence-corrected chi connectivity index (χ0v) is 20.2. The van der Waals surface area contributed by atoms with Crippen LogP contribution in [0, 0.1) is 11.7 Å². The van der Waals surface area contributed by atoms with Crippen LogP contribution in [-0.2, 0) is 21.9 Å². The maximum Gasteiger partial charge on any atom is 0.242 e. The Morgan fingerprint density at radius 3 is 2.26 bits per heavy atom. The number of hydrogen-bond donors (Lipinski definition) is 1. The van der Waals surface area contributed by atoms with E-state index in [-0.39, 0.29) is 29.9 Å². The van der Waals surface area contributed by atoms with E-state index in [9.17, 15) is 14.0 Å². The molecule has 1 atom stereocenters. The van der Waals surface area contributed by atoms with E-state index >= 15 is 0 Å². The van der Waals surface area contributed by atoms with E-state index in [0.717, 1.165) is 5.56 Å². The predicted octanol–water partition coefficient (Wildman–Crippen LogP) is 5.56. The first-order valence-corrected chi connectivity index (χ1v) is 11.9. The summed E-state index contributed by atoms with van der Waals surface area (Å²) < 4.78 is 13.1. The van der Waals surface area contributed by atoms with Gasteiger partial charge in [0, 0.05) is 34.5 Å². The predicted molar refractivity (Wildman–Crippen MR) is 127 cm³/mol. The van der Waals surface area contributed by atoms with Gasteiger partial charge in [0.2, 0.25) is 11.8 Å². The molecule has 2 rings (SSSR count). The van der Waals surface area contributed by atoms with Crippen LogP contribution in [0.5, 0.6) is 0 Å². The van der Waals surface area contributed by atoms with Gasteiger partial charge >= 0.3 is 0 Å². The number of carbonyl (C=O) groups is 2. The molecule has 4 nitrogen and oxygen atoms in total. The summed E-state index contributed by atoms with van der Waals surface area (Å²) in [6.45, 7) is 6.36. The van der Waals surface area contributed by atoms with E-state index in [0.29, 0.717) is 33.8 Å². The molecule has 0 aliphatic rings. The highest BCUT2D eigenvalue weighted by atomic mass is 35.5. The van der Waals surface area contributed by atoms with Gasteiger partial charge in [-0.05, 0) is 42.7 Å². The van der Waals surface area contributed by atoms with Crippen molar-refractivity contribution in [2.24, 2.45) is 5.92 Å². The smallest absolute Gasteiger partial charge is 0.242 e. The van der Waals surface area contributed by atoms with Crippen LogP contribution in [0.25, 0.3) is 0 Å². The van der Waals surface area contributed by atoms with Crippen molar-refractivity contribution in [1.29, 1.82) is 0 Å². The van der Waals surface area contributed by atoms with Crippen LogP contribution in [0.2, 0.25) is 10.0 Å². The van der Waals surface area contributed by atoms with Crippen LogP contribution in [0.4, 0.5) is 4.39 Å². The van der Waals surface area contributed by atoms with Crippen molar-refractivity contribution < 1.29 is 14.0 Å². The fourth-order valence-corrected chi connectivity index (χ4v) is 4.20. The summed E-state index contributed by atoms with van der Waals surface area (Å²) >= 11 is 14.0. The zero-order chi connectivity index (χ0) is 23.0. The Hall–Kier alpha value is -1.76. The van der Waals surface area contributed by atoms with Gasteiger partial charge in [0.15, 0.2) is 0 Å². The lowest BCUT2D eigenvalue weighted by Crippen LogP contribution is -2.48. The number of thioether (sulfide) groups is 1. The highest BCUT2D eigenvalue weighted by Gasteiger charge is 2.27. The molecule has 2 aromatic rings. The largest absolute Gasteiger partial charge is 0.354 e. The van der Waals surface area contributed by atoms with E-state index in [1.165, 1.54) is 28.8 Å². The molecule has 0 heterocycles. The van der Waals surface area contributed by atoms with Crippen molar-refractivity contribution in [3.05, 3.63) is 69.5 Å². The van der Waals surface area contributed by atoms with Crippen molar-refractivity contribution in [3.8, 4) is 0 Å². The number of nitrogens with one attached hydrogen (secondary N) is 1. The summed E-state index contributed by atoms with van der Waals surface area (Å²) in [5.41, 5.74) is 1.52. The monoisotopic (exact) mass is 484 g/mol. The van der Waals surface area contributed by atoms with Crippen LogP contribution in [0.15, 0.2) is 42.5 Å². The second-order valence-electron chi connectivity index (χ2n) is 7.66. The summed E-state index contributed by atoms with van der Waals surface area (Å²) in [6, 6.07) is 10.6. The van der Waals surface area contributed by atoms with Gasteiger partial charge in [-0.25, -0.2) is 4.39 Å². The molecule has 0 fully saturated rings. The summed E-state index contributed by atoms with van der Waals surface area (Å²) in [6.07, 6.45) is 0. The minimum absolute atomic E-state index is 0.130. The van der Waals surface area contributed by atoms with Gasteiger partial charge in [-0.3, -0.25) is 9.59 Å². The number of carbonyl (C=O) groups excluding carboxylic acids is 2. The van der Waals surface area contributed by atoms with E-state index < -0.39 is 6.04 Å². The van der Waals surface area contributed by atoms with E-state index in [2.05, 4.69) is 5.32 Å². The number of halogens is 3. The summed E-state index contributed by atoms with van der Waals surface area (Å²) in [5, 5.41) is 3.77. The van der Waals surface area contributed by atoms with Crippen LogP contribution < -0.4 is 5.32 Å². The molecule has 0 aliphatic carbocycles. The highest BCUT2D eigenvalue weighted by Crippen LogP contribution is 2.27. The Balaban J connectivity index is 2.12. The molecule has 2 aromatic carbocycles. The Morgan fingerprint density at radius 1 is 1.06 bits per heavy atom. The number of nitrogens with zero attached hydrogens (tertiary/aromatic N) is 1. The lowest BCUT2D eigenvalue weighted by molar-refractivity contribution is -0.138. The fraction of sp³-hybridized carbons (Fsp3) is 0.391. The summed E-state index contributed by atoms with van der Waals surface area (Å²) in [5.74, 6) is 0.296. The molecule has 1 unspecified atom stereocenters. The quantitative estimate of drug-likeness (QED) is 0.480. The Labute approximate surface area is 197 Å². The molecule has 0 bridgehead atoms. The van der Waals surface area contributed by atoms with Crippen LogP contribution >= 0.6 is 35.0 Å². The summed E-state index contributed by atoms with van der Waals surface area (Å²) in [4.78, 5) is 27.2. The molecule has 0 radical (unpaired) electrons. The van der Waals surface area contributed by atoms with E-state index in [1.807, 2.05) is 13.8 Å². The fourth-order valence-electron chi connectivity index (χ4n) is 2.81. The maximum atomic E-state index is 13.1. The van der Waals surface area contributed by atoms with Crippen LogP contribution in [0.1, 0.15) is 31.9 Å². The average molecular weight is 485 g/mol. The molecule has 168 valence electrons. The third-order valence-corrected chi connectivity index (χ3v) is 6.35. The lowest BCUT2D eigenvalue weighted by atomic mass is 10.1. The Bertz CT molecular complexity index is 873. The van der Waals surface area contributed by atoms with Crippen LogP contribution in [-0.4, -0.2) is 35.1 Å². The molecule has 31 heavy (non-hydrogen) atoms. The third kappa shape index (κ3) is 8.02. The van der Waals surface area contributed by atoms with Gasteiger partial charge in [0.25, 0.3) is 0 Å².